The van der Waals surface area contributed by atoms with E-state index in [0.29, 0.717) is 0 Å². The number of esters is 1. The molecule has 1 unspecified atom stereocenters. The van der Waals surface area contributed by atoms with E-state index in [1.807, 2.05) is 13.8 Å². The van der Waals surface area contributed by atoms with Crippen molar-refractivity contribution in [2.75, 3.05) is 6.61 Å². The zero-order valence-corrected chi connectivity index (χ0v) is 11.6. The van der Waals surface area contributed by atoms with Gasteiger partial charge >= 0.3 is 11.9 Å². The Morgan fingerprint density at radius 3 is 2.06 bits per heavy atom. The Kier molecular flexibility index (Phi) is 10.2. The lowest BCUT2D eigenvalue weighted by molar-refractivity contribution is -0.155. The molecule has 0 fully saturated rings. The third-order valence-corrected chi connectivity index (χ3v) is 1.90. The number of aliphatic carboxylic acids is 1. The highest BCUT2D eigenvalue weighted by Crippen LogP contribution is 2.08. The first-order valence-corrected chi connectivity index (χ1v) is 5.93. The molecular weight excluding hydrogens is 236 g/mol. The summed E-state index contributed by atoms with van der Waals surface area (Å²) in [4.78, 5) is 21.0. The van der Waals surface area contributed by atoms with Gasteiger partial charge in [-0.25, -0.2) is 0 Å². The fourth-order valence-electron chi connectivity index (χ4n) is 1.14. The largest absolute Gasteiger partial charge is 0.480 e. The Hall–Kier alpha value is -1.36. The van der Waals surface area contributed by atoms with Crippen molar-refractivity contribution in [1.29, 1.82) is 0 Å². The van der Waals surface area contributed by atoms with Gasteiger partial charge in [-0.1, -0.05) is 19.4 Å². The summed E-state index contributed by atoms with van der Waals surface area (Å²) in [6.45, 7) is 10.7. The fraction of sp³-hybridized carbons (Fsp3) is 0.692. The second kappa shape index (κ2) is 9.65. The minimum atomic E-state index is -1.24. The highest BCUT2D eigenvalue weighted by molar-refractivity contribution is 5.95. The van der Waals surface area contributed by atoms with Gasteiger partial charge in [0.25, 0.3) is 0 Å². The molecule has 0 bridgehead atoms. The van der Waals surface area contributed by atoms with E-state index in [9.17, 15) is 9.59 Å². The molecule has 0 aromatic rings. The molecular formula is C13H24O5. The first-order chi connectivity index (χ1) is 8.19. The van der Waals surface area contributed by atoms with E-state index in [2.05, 4.69) is 18.2 Å². The summed E-state index contributed by atoms with van der Waals surface area (Å²) in [5, 5.41) is 17.4. The van der Waals surface area contributed by atoms with Crippen LogP contribution in [-0.4, -0.2) is 34.4 Å². The van der Waals surface area contributed by atoms with Crippen molar-refractivity contribution in [3.8, 4) is 0 Å². The first-order valence-electron chi connectivity index (χ1n) is 5.93. The summed E-state index contributed by atoms with van der Waals surface area (Å²) >= 11 is 0. The van der Waals surface area contributed by atoms with Crippen LogP contribution in [0.3, 0.4) is 0 Å². The predicted molar refractivity (Wildman–Crippen MR) is 69.2 cm³/mol. The molecule has 0 heterocycles. The zero-order chi connectivity index (χ0) is 14.8. The van der Waals surface area contributed by atoms with Crippen LogP contribution in [0, 0.1) is 5.92 Å². The molecule has 0 saturated heterocycles. The Morgan fingerprint density at radius 1 is 1.39 bits per heavy atom. The summed E-state index contributed by atoms with van der Waals surface area (Å²) in [5.74, 6) is -3.25. The SMILES string of the molecule is C=CC(C(=O)O)C(=O)OCC.CCCC(C)(C)O. The molecule has 0 aliphatic rings. The molecule has 0 spiro atoms. The normalized spacial score (nSPS) is 11.8. The van der Waals surface area contributed by atoms with Gasteiger partial charge in [-0.05, 0) is 27.2 Å². The molecule has 0 radical (unpaired) electrons. The van der Waals surface area contributed by atoms with Gasteiger partial charge < -0.3 is 14.9 Å². The third kappa shape index (κ3) is 11.1. The summed E-state index contributed by atoms with van der Waals surface area (Å²) in [7, 11) is 0. The number of hydrogen-bond donors (Lipinski definition) is 2. The van der Waals surface area contributed by atoms with Gasteiger partial charge in [0.2, 0.25) is 0 Å². The minimum Gasteiger partial charge on any atom is -0.480 e. The number of carbonyl (C=O) groups excluding carboxylic acids is 1. The lowest BCUT2D eigenvalue weighted by atomic mass is 10.0. The van der Waals surface area contributed by atoms with Crippen LogP contribution in [-0.2, 0) is 14.3 Å². The zero-order valence-electron chi connectivity index (χ0n) is 11.6. The van der Waals surface area contributed by atoms with Gasteiger partial charge in [0.1, 0.15) is 0 Å². The van der Waals surface area contributed by atoms with Crippen molar-refractivity contribution >= 4 is 11.9 Å². The highest BCUT2D eigenvalue weighted by Gasteiger charge is 2.23. The van der Waals surface area contributed by atoms with Crippen molar-refractivity contribution < 1.29 is 24.5 Å². The lowest BCUT2D eigenvalue weighted by Crippen LogP contribution is -2.23. The molecule has 0 amide bonds. The van der Waals surface area contributed by atoms with Gasteiger partial charge in [-0.2, -0.15) is 0 Å². The van der Waals surface area contributed by atoms with Gasteiger partial charge in [0.15, 0.2) is 5.92 Å². The van der Waals surface area contributed by atoms with Crippen LogP contribution < -0.4 is 0 Å². The molecule has 5 heteroatoms. The summed E-state index contributed by atoms with van der Waals surface area (Å²) < 4.78 is 4.47. The molecule has 0 aromatic carbocycles. The molecule has 0 rings (SSSR count). The Bertz CT molecular complexity index is 265. The molecule has 0 saturated carbocycles. The monoisotopic (exact) mass is 260 g/mol. The summed E-state index contributed by atoms with van der Waals surface area (Å²) in [6, 6.07) is 0. The van der Waals surface area contributed by atoms with E-state index in [1.54, 1.807) is 6.92 Å². The van der Waals surface area contributed by atoms with E-state index in [1.165, 1.54) is 0 Å². The maximum absolute atomic E-state index is 10.7. The summed E-state index contributed by atoms with van der Waals surface area (Å²) in [6.07, 6.45) is 3.00. The number of carboxylic acid groups (broad SMARTS) is 1. The molecule has 0 aromatic heterocycles. The standard InChI is InChI=1S/C7H10O4.C6H14O/c1-3-5(6(8)9)7(10)11-4-2;1-4-5-6(2,3)7/h3,5H,1,4H2,2H3,(H,8,9);7H,4-5H2,1-3H3. The number of carbonyl (C=O) groups is 2. The molecule has 18 heavy (non-hydrogen) atoms. The van der Waals surface area contributed by atoms with Crippen LogP contribution in [0.5, 0.6) is 0 Å². The molecule has 0 aliphatic heterocycles. The molecule has 1 atom stereocenters. The summed E-state index contributed by atoms with van der Waals surface area (Å²) in [5.41, 5.74) is -0.450. The molecule has 0 aliphatic carbocycles. The Labute approximate surface area is 108 Å². The van der Waals surface area contributed by atoms with E-state index >= 15 is 0 Å². The highest BCUT2D eigenvalue weighted by atomic mass is 16.5. The smallest absolute Gasteiger partial charge is 0.324 e. The Morgan fingerprint density at radius 2 is 1.89 bits per heavy atom. The van der Waals surface area contributed by atoms with Gasteiger partial charge in [0.05, 0.1) is 12.2 Å². The number of aliphatic hydroxyl groups is 1. The molecule has 5 nitrogen and oxygen atoms in total. The van der Waals surface area contributed by atoms with Crippen molar-refractivity contribution in [2.45, 2.75) is 46.1 Å². The third-order valence-electron chi connectivity index (χ3n) is 1.90. The van der Waals surface area contributed by atoms with Gasteiger partial charge in [-0.3, -0.25) is 9.59 Å². The molecule has 2 N–H and O–H groups in total. The van der Waals surface area contributed by atoms with Crippen molar-refractivity contribution in [2.24, 2.45) is 5.92 Å². The average Bonchev–Trinajstić information content (AvgIpc) is 2.17. The van der Waals surface area contributed by atoms with Crippen LogP contribution >= 0.6 is 0 Å². The fourth-order valence-corrected chi connectivity index (χ4v) is 1.14. The topological polar surface area (TPSA) is 83.8 Å². The van der Waals surface area contributed by atoms with Crippen molar-refractivity contribution in [3.05, 3.63) is 12.7 Å². The average molecular weight is 260 g/mol. The van der Waals surface area contributed by atoms with Crippen LogP contribution in [0.15, 0.2) is 12.7 Å². The van der Waals surface area contributed by atoms with Crippen molar-refractivity contribution in [1.82, 2.24) is 0 Å². The Balaban J connectivity index is 0. The number of hydrogen-bond acceptors (Lipinski definition) is 4. The number of ether oxygens (including phenoxy) is 1. The van der Waals surface area contributed by atoms with E-state index < -0.39 is 23.5 Å². The minimum absolute atomic E-state index is 0.177. The quantitative estimate of drug-likeness (QED) is 0.433. The predicted octanol–water partition coefficient (Wildman–Crippen LogP) is 1.99. The second-order valence-electron chi connectivity index (χ2n) is 4.37. The van der Waals surface area contributed by atoms with E-state index in [4.69, 9.17) is 10.2 Å². The van der Waals surface area contributed by atoms with Gasteiger partial charge in [0, 0.05) is 0 Å². The number of carboxylic acids is 1. The van der Waals surface area contributed by atoms with E-state index in [0.717, 1.165) is 18.9 Å². The maximum atomic E-state index is 10.7. The lowest BCUT2D eigenvalue weighted by Gasteiger charge is -2.14. The van der Waals surface area contributed by atoms with Crippen LogP contribution in [0.1, 0.15) is 40.5 Å². The second-order valence-corrected chi connectivity index (χ2v) is 4.37. The maximum Gasteiger partial charge on any atom is 0.324 e. The van der Waals surface area contributed by atoms with E-state index in [-0.39, 0.29) is 6.61 Å². The van der Waals surface area contributed by atoms with Crippen LogP contribution in [0.25, 0.3) is 0 Å². The van der Waals surface area contributed by atoms with Crippen LogP contribution in [0.4, 0.5) is 0 Å². The molecule has 106 valence electrons. The van der Waals surface area contributed by atoms with Gasteiger partial charge in [-0.15, -0.1) is 6.58 Å². The number of rotatable bonds is 6. The van der Waals surface area contributed by atoms with Crippen LogP contribution in [0.2, 0.25) is 0 Å². The van der Waals surface area contributed by atoms with Crippen molar-refractivity contribution in [3.63, 3.8) is 0 Å². The first kappa shape index (κ1) is 19.0.